The molecule has 1 N–H and O–H groups in total. The Hall–Kier alpha value is -2.68. The van der Waals surface area contributed by atoms with Gasteiger partial charge in [0.2, 0.25) is 0 Å². The van der Waals surface area contributed by atoms with Crippen molar-refractivity contribution < 1.29 is 19.0 Å². The van der Waals surface area contributed by atoms with Crippen LogP contribution in [0, 0.1) is 0 Å². The molecule has 0 radical (unpaired) electrons. The predicted molar refractivity (Wildman–Crippen MR) is 110 cm³/mol. The first-order valence-electron chi connectivity index (χ1n) is 9.39. The number of rotatable bonds is 8. The third-order valence-corrected chi connectivity index (χ3v) is 5.91. The molecule has 1 aliphatic rings. The zero-order valence-corrected chi connectivity index (χ0v) is 17.4. The van der Waals surface area contributed by atoms with Crippen molar-refractivity contribution in [3.63, 3.8) is 0 Å². The van der Waals surface area contributed by atoms with Crippen LogP contribution in [0.2, 0.25) is 0 Å². The van der Waals surface area contributed by atoms with Crippen LogP contribution in [0.3, 0.4) is 0 Å². The number of ether oxygens (including phenoxy) is 3. The Balaban J connectivity index is 1.76. The molecular weight excluding hydrogens is 390 g/mol. The minimum absolute atomic E-state index is 0.109. The average molecular weight is 413 g/mol. The Morgan fingerprint density at radius 2 is 1.97 bits per heavy atom. The maximum Gasteiger partial charge on any atom is 0.273 e. The highest BCUT2D eigenvalue weighted by Gasteiger charge is 2.43. The fourth-order valence-corrected chi connectivity index (χ4v) is 4.47. The largest absolute Gasteiger partial charge is 0.494 e. The van der Waals surface area contributed by atoms with Crippen LogP contribution in [0.1, 0.15) is 33.9 Å². The number of hydrogen-bond donors (Lipinski definition) is 1. The van der Waals surface area contributed by atoms with Crippen molar-refractivity contribution >= 4 is 17.2 Å². The zero-order chi connectivity index (χ0) is 20.4. The van der Waals surface area contributed by atoms with Crippen molar-refractivity contribution in [2.24, 2.45) is 0 Å². The van der Waals surface area contributed by atoms with Crippen LogP contribution in [-0.2, 0) is 9.47 Å². The van der Waals surface area contributed by atoms with E-state index in [2.05, 4.69) is 10.2 Å². The molecule has 3 heterocycles. The summed E-state index contributed by atoms with van der Waals surface area (Å²) >= 11 is 1.61. The number of benzene rings is 1. The standard InChI is InChI=1S/C21H23N3O4S/c1-4-28-14-9-7-13(8-10-14)18-17-19(23-22-18)21(25)24(12-16(26-2)27-3)20(17)15-6-5-11-29-15/h5-11,16,20H,4,12H2,1-3H3,(H,22,23). The van der Waals surface area contributed by atoms with Crippen molar-refractivity contribution in [1.82, 2.24) is 15.1 Å². The number of nitrogens with one attached hydrogen (secondary N) is 1. The van der Waals surface area contributed by atoms with Gasteiger partial charge in [-0.15, -0.1) is 11.3 Å². The molecule has 7 nitrogen and oxygen atoms in total. The molecule has 0 spiro atoms. The van der Waals surface area contributed by atoms with Crippen molar-refractivity contribution in [3.8, 4) is 17.0 Å². The minimum Gasteiger partial charge on any atom is -0.494 e. The smallest absolute Gasteiger partial charge is 0.273 e. The highest BCUT2D eigenvalue weighted by Crippen LogP contribution is 2.44. The van der Waals surface area contributed by atoms with Gasteiger partial charge in [-0.25, -0.2) is 0 Å². The summed E-state index contributed by atoms with van der Waals surface area (Å²) in [7, 11) is 3.14. The van der Waals surface area contributed by atoms with Gasteiger partial charge in [0.25, 0.3) is 5.91 Å². The lowest BCUT2D eigenvalue weighted by Crippen LogP contribution is -2.37. The monoisotopic (exact) mass is 413 g/mol. The normalized spacial score (nSPS) is 15.9. The van der Waals surface area contributed by atoms with Gasteiger partial charge < -0.3 is 19.1 Å². The van der Waals surface area contributed by atoms with E-state index in [1.54, 1.807) is 30.5 Å². The molecule has 2 aromatic heterocycles. The molecule has 0 saturated heterocycles. The molecule has 8 heteroatoms. The first-order chi connectivity index (χ1) is 14.2. The van der Waals surface area contributed by atoms with Crippen molar-refractivity contribution in [1.29, 1.82) is 0 Å². The summed E-state index contributed by atoms with van der Waals surface area (Å²) in [4.78, 5) is 16.0. The van der Waals surface area contributed by atoms with Crippen molar-refractivity contribution in [2.45, 2.75) is 19.3 Å². The summed E-state index contributed by atoms with van der Waals surface area (Å²) in [6, 6.07) is 11.5. The summed E-state index contributed by atoms with van der Waals surface area (Å²) in [6.07, 6.45) is -0.507. The van der Waals surface area contributed by atoms with E-state index in [4.69, 9.17) is 14.2 Å². The van der Waals surface area contributed by atoms with E-state index < -0.39 is 6.29 Å². The molecule has 1 atom stereocenters. The highest BCUT2D eigenvalue weighted by molar-refractivity contribution is 7.10. The molecule has 1 unspecified atom stereocenters. The average Bonchev–Trinajstić information content (AvgIpc) is 3.46. The number of nitrogens with zero attached hydrogens (tertiary/aromatic N) is 2. The van der Waals surface area contributed by atoms with E-state index in [-0.39, 0.29) is 11.9 Å². The predicted octanol–water partition coefficient (Wildman–Crippen LogP) is 3.70. The Kier molecular flexibility index (Phi) is 5.66. The third kappa shape index (κ3) is 3.55. The van der Waals surface area contributed by atoms with Gasteiger partial charge in [0.05, 0.1) is 24.9 Å². The topological polar surface area (TPSA) is 76.7 Å². The second-order valence-electron chi connectivity index (χ2n) is 6.59. The molecule has 0 aliphatic carbocycles. The van der Waals surface area contributed by atoms with Gasteiger partial charge in [0.1, 0.15) is 11.4 Å². The number of H-pyrrole nitrogens is 1. The Morgan fingerprint density at radius 1 is 1.21 bits per heavy atom. The molecule has 152 valence electrons. The van der Waals surface area contributed by atoms with Crippen LogP contribution in [0.25, 0.3) is 11.3 Å². The lowest BCUT2D eigenvalue weighted by Gasteiger charge is -2.28. The summed E-state index contributed by atoms with van der Waals surface area (Å²) in [5, 5.41) is 9.44. The number of hydrogen-bond acceptors (Lipinski definition) is 6. The summed E-state index contributed by atoms with van der Waals surface area (Å²) in [6.45, 7) is 2.88. The maximum absolute atomic E-state index is 13.2. The van der Waals surface area contributed by atoms with E-state index in [1.165, 1.54) is 0 Å². The third-order valence-electron chi connectivity index (χ3n) is 4.99. The minimum atomic E-state index is -0.507. The lowest BCUT2D eigenvalue weighted by atomic mass is 10.0. The number of carbonyl (C=O) groups excluding carboxylic acids is 1. The number of aromatic nitrogens is 2. The van der Waals surface area contributed by atoms with Crippen LogP contribution in [0.5, 0.6) is 5.75 Å². The Morgan fingerprint density at radius 3 is 2.59 bits per heavy atom. The molecule has 0 fully saturated rings. The van der Waals surface area contributed by atoms with Crippen LogP contribution in [0.4, 0.5) is 0 Å². The summed E-state index contributed by atoms with van der Waals surface area (Å²) in [5.41, 5.74) is 3.09. The maximum atomic E-state index is 13.2. The summed E-state index contributed by atoms with van der Waals surface area (Å²) in [5.74, 6) is 0.696. The molecular formula is C21H23N3O4S. The van der Waals surface area contributed by atoms with E-state index in [1.807, 2.05) is 48.7 Å². The van der Waals surface area contributed by atoms with Crippen LogP contribution in [0.15, 0.2) is 41.8 Å². The Labute approximate surface area is 173 Å². The lowest BCUT2D eigenvalue weighted by molar-refractivity contribution is -0.113. The van der Waals surface area contributed by atoms with E-state index in [0.717, 1.165) is 27.4 Å². The molecule has 0 bridgehead atoms. The highest BCUT2D eigenvalue weighted by atomic mass is 32.1. The number of carbonyl (C=O) groups is 1. The SMILES string of the molecule is CCOc1ccc(-c2n[nH]c3c2C(c2cccs2)N(CC(OC)OC)C3=O)cc1. The Bertz CT molecular complexity index is 964. The van der Waals surface area contributed by atoms with Crippen LogP contribution < -0.4 is 4.74 Å². The van der Waals surface area contributed by atoms with Gasteiger partial charge >= 0.3 is 0 Å². The quantitative estimate of drug-likeness (QED) is 0.570. The molecule has 1 aromatic carbocycles. The first-order valence-corrected chi connectivity index (χ1v) is 10.3. The van der Waals surface area contributed by atoms with Crippen molar-refractivity contribution in [2.75, 3.05) is 27.4 Å². The van der Waals surface area contributed by atoms with E-state index in [0.29, 0.717) is 18.8 Å². The fourth-order valence-electron chi connectivity index (χ4n) is 3.63. The zero-order valence-electron chi connectivity index (χ0n) is 16.5. The van der Waals surface area contributed by atoms with Gasteiger partial charge in [0, 0.05) is 30.2 Å². The number of aromatic amines is 1. The second kappa shape index (κ2) is 8.36. The number of methoxy groups -OCH3 is 2. The molecule has 1 aliphatic heterocycles. The molecule has 1 amide bonds. The van der Waals surface area contributed by atoms with E-state index in [9.17, 15) is 4.79 Å². The van der Waals surface area contributed by atoms with Gasteiger partial charge in [0.15, 0.2) is 6.29 Å². The van der Waals surface area contributed by atoms with Crippen molar-refractivity contribution in [3.05, 3.63) is 57.9 Å². The van der Waals surface area contributed by atoms with Crippen LogP contribution >= 0.6 is 11.3 Å². The molecule has 29 heavy (non-hydrogen) atoms. The fraction of sp³-hybridized carbons (Fsp3) is 0.333. The van der Waals surface area contributed by atoms with E-state index >= 15 is 0 Å². The van der Waals surface area contributed by atoms with Crippen LogP contribution in [-0.4, -0.2) is 54.7 Å². The molecule has 0 saturated carbocycles. The second-order valence-corrected chi connectivity index (χ2v) is 7.57. The first kappa shape index (κ1) is 19.6. The van der Waals surface area contributed by atoms with Gasteiger partial charge in [-0.05, 0) is 42.6 Å². The van der Waals surface area contributed by atoms with Gasteiger partial charge in [-0.3, -0.25) is 9.89 Å². The number of amides is 1. The summed E-state index contributed by atoms with van der Waals surface area (Å²) < 4.78 is 16.2. The number of thiophene rings is 1. The number of fused-ring (bicyclic) bond motifs is 1. The molecule has 4 rings (SSSR count). The van der Waals surface area contributed by atoms with Gasteiger partial charge in [-0.1, -0.05) is 6.07 Å². The molecule has 3 aromatic rings. The van der Waals surface area contributed by atoms with Gasteiger partial charge in [-0.2, -0.15) is 5.10 Å².